The van der Waals surface area contributed by atoms with Crippen molar-refractivity contribution in [3.63, 3.8) is 0 Å². The SMILES string of the molecule is N#Cc1ccc(CC(=O)N2CCN(C(=O)c3cccc(OCCC4CCCCC4)c3)CC2)cn1. The van der Waals surface area contributed by atoms with Gasteiger partial charge in [-0.25, -0.2) is 4.98 Å². The summed E-state index contributed by atoms with van der Waals surface area (Å²) >= 11 is 0. The third-order valence-corrected chi connectivity index (χ3v) is 6.81. The molecule has 1 aliphatic heterocycles. The number of hydrogen-bond acceptors (Lipinski definition) is 5. The molecule has 7 heteroatoms. The molecule has 1 aliphatic carbocycles. The molecule has 0 bridgehead atoms. The van der Waals surface area contributed by atoms with Crippen LogP contribution in [-0.2, 0) is 11.2 Å². The van der Waals surface area contributed by atoms with Gasteiger partial charge in [0.1, 0.15) is 17.5 Å². The van der Waals surface area contributed by atoms with Crippen molar-refractivity contribution >= 4 is 11.8 Å². The summed E-state index contributed by atoms with van der Waals surface area (Å²) in [5, 5.41) is 8.84. The zero-order valence-corrected chi connectivity index (χ0v) is 19.6. The fourth-order valence-electron chi connectivity index (χ4n) is 4.76. The second kappa shape index (κ2) is 11.6. The number of carbonyl (C=O) groups excluding carboxylic acids is 2. The van der Waals surface area contributed by atoms with E-state index in [2.05, 4.69) is 4.98 Å². The Morgan fingerprint density at radius 3 is 2.50 bits per heavy atom. The number of hydrogen-bond donors (Lipinski definition) is 0. The van der Waals surface area contributed by atoms with Gasteiger partial charge in [-0.1, -0.05) is 44.2 Å². The minimum atomic E-state index is -0.0267. The summed E-state index contributed by atoms with van der Waals surface area (Å²) in [7, 11) is 0. The summed E-state index contributed by atoms with van der Waals surface area (Å²) in [5.41, 5.74) is 1.74. The van der Waals surface area contributed by atoms with E-state index in [1.54, 1.807) is 28.1 Å². The third-order valence-electron chi connectivity index (χ3n) is 6.81. The number of nitriles is 1. The summed E-state index contributed by atoms with van der Waals surface area (Å²) in [6.45, 7) is 2.71. The maximum Gasteiger partial charge on any atom is 0.254 e. The highest BCUT2D eigenvalue weighted by atomic mass is 16.5. The molecule has 0 atom stereocenters. The van der Waals surface area contributed by atoms with Gasteiger partial charge in [0.05, 0.1) is 13.0 Å². The topological polar surface area (TPSA) is 86.5 Å². The van der Waals surface area contributed by atoms with Gasteiger partial charge in [0.15, 0.2) is 0 Å². The highest BCUT2D eigenvalue weighted by Gasteiger charge is 2.25. The molecule has 2 amide bonds. The molecular weight excluding hydrogens is 428 g/mol. The van der Waals surface area contributed by atoms with Crippen molar-refractivity contribution in [2.24, 2.45) is 5.92 Å². The molecule has 2 aliphatic rings. The molecule has 0 radical (unpaired) electrons. The molecule has 0 N–H and O–H groups in total. The maximum atomic E-state index is 13.0. The van der Waals surface area contributed by atoms with Crippen LogP contribution in [0.1, 0.15) is 60.1 Å². The lowest BCUT2D eigenvalue weighted by molar-refractivity contribution is -0.131. The molecular formula is C27H32N4O3. The van der Waals surface area contributed by atoms with Gasteiger partial charge in [-0.05, 0) is 42.2 Å². The molecule has 4 rings (SSSR count). The third kappa shape index (κ3) is 6.34. The van der Waals surface area contributed by atoms with E-state index in [1.165, 1.54) is 32.1 Å². The molecule has 2 fully saturated rings. The van der Waals surface area contributed by atoms with Crippen LogP contribution in [0.25, 0.3) is 0 Å². The average Bonchev–Trinajstić information content (AvgIpc) is 2.89. The molecule has 0 unspecified atom stereocenters. The van der Waals surface area contributed by atoms with Crippen molar-refractivity contribution in [3.8, 4) is 11.8 Å². The smallest absolute Gasteiger partial charge is 0.254 e. The second-order valence-electron chi connectivity index (χ2n) is 9.18. The lowest BCUT2D eigenvalue weighted by Crippen LogP contribution is -2.51. The predicted molar refractivity (Wildman–Crippen MR) is 128 cm³/mol. The largest absolute Gasteiger partial charge is 0.494 e. The van der Waals surface area contributed by atoms with Crippen molar-refractivity contribution in [3.05, 3.63) is 59.4 Å². The maximum absolute atomic E-state index is 13.0. The lowest BCUT2D eigenvalue weighted by atomic mass is 9.87. The fraction of sp³-hybridized carbons (Fsp3) is 0.481. The second-order valence-corrected chi connectivity index (χ2v) is 9.18. The molecule has 2 heterocycles. The van der Waals surface area contributed by atoms with Crippen LogP contribution in [0.3, 0.4) is 0 Å². The number of carbonyl (C=O) groups is 2. The number of nitrogens with zero attached hydrogens (tertiary/aromatic N) is 4. The minimum absolute atomic E-state index is 0.00645. The summed E-state index contributed by atoms with van der Waals surface area (Å²) in [5.74, 6) is 1.49. The van der Waals surface area contributed by atoms with Crippen molar-refractivity contribution in [1.29, 1.82) is 5.26 Å². The number of rotatable bonds is 7. The first kappa shape index (κ1) is 23.7. The van der Waals surface area contributed by atoms with Gasteiger partial charge in [0.2, 0.25) is 5.91 Å². The van der Waals surface area contributed by atoms with E-state index in [0.29, 0.717) is 44.0 Å². The minimum Gasteiger partial charge on any atom is -0.494 e. The molecule has 1 saturated carbocycles. The zero-order chi connectivity index (χ0) is 23.8. The Morgan fingerprint density at radius 1 is 1.03 bits per heavy atom. The van der Waals surface area contributed by atoms with E-state index in [4.69, 9.17) is 10.00 Å². The van der Waals surface area contributed by atoms with Crippen LogP contribution in [0, 0.1) is 17.2 Å². The highest BCUT2D eigenvalue weighted by Crippen LogP contribution is 2.26. The Balaban J connectivity index is 1.24. The van der Waals surface area contributed by atoms with Crippen molar-refractivity contribution in [1.82, 2.24) is 14.8 Å². The van der Waals surface area contributed by atoms with E-state index in [1.807, 2.05) is 30.3 Å². The number of aromatic nitrogens is 1. The van der Waals surface area contributed by atoms with Crippen LogP contribution < -0.4 is 4.74 Å². The van der Waals surface area contributed by atoms with Gasteiger partial charge in [0.25, 0.3) is 5.91 Å². The van der Waals surface area contributed by atoms with E-state index in [-0.39, 0.29) is 18.2 Å². The van der Waals surface area contributed by atoms with E-state index >= 15 is 0 Å². The molecule has 2 aromatic rings. The van der Waals surface area contributed by atoms with Gasteiger partial charge in [-0.2, -0.15) is 5.26 Å². The number of piperazine rings is 1. The normalized spacial score (nSPS) is 16.7. The van der Waals surface area contributed by atoms with Crippen LogP contribution in [0.5, 0.6) is 5.75 Å². The molecule has 7 nitrogen and oxygen atoms in total. The first-order valence-corrected chi connectivity index (χ1v) is 12.3. The highest BCUT2D eigenvalue weighted by molar-refractivity contribution is 5.94. The zero-order valence-electron chi connectivity index (χ0n) is 19.6. The molecule has 1 aromatic heterocycles. The van der Waals surface area contributed by atoms with Gasteiger partial charge in [-0.15, -0.1) is 0 Å². The monoisotopic (exact) mass is 460 g/mol. The van der Waals surface area contributed by atoms with Crippen LogP contribution >= 0.6 is 0 Å². The van der Waals surface area contributed by atoms with Crippen LogP contribution in [0.2, 0.25) is 0 Å². The standard InChI is InChI=1S/C27H32N4O3/c28-19-24-10-9-22(20-29-24)17-26(32)30-12-14-31(15-13-30)27(33)23-7-4-8-25(18-23)34-16-11-21-5-2-1-3-6-21/h4,7-10,18,20-21H,1-3,5-6,11-17H2. The fourth-order valence-corrected chi connectivity index (χ4v) is 4.76. The van der Waals surface area contributed by atoms with Crippen molar-refractivity contribution in [2.75, 3.05) is 32.8 Å². The first-order valence-electron chi connectivity index (χ1n) is 12.3. The van der Waals surface area contributed by atoms with Gasteiger partial charge in [-0.3, -0.25) is 9.59 Å². The Bertz CT molecular complexity index is 1020. The van der Waals surface area contributed by atoms with Crippen molar-refractivity contribution < 1.29 is 14.3 Å². The summed E-state index contributed by atoms with van der Waals surface area (Å²) < 4.78 is 5.96. The number of ether oxygens (including phenoxy) is 1. The lowest BCUT2D eigenvalue weighted by Gasteiger charge is -2.35. The number of benzene rings is 1. The van der Waals surface area contributed by atoms with Gasteiger partial charge < -0.3 is 14.5 Å². The molecule has 1 aromatic carbocycles. The predicted octanol–water partition coefficient (Wildman–Crippen LogP) is 3.83. The molecule has 178 valence electrons. The quantitative estimate of drug-likeness (QED) is 0.627. The average molecular weight is 461 g/mol. The number of amides is 2. The molecule has 34 heavy (non-hydrogen) atoms. The Labute approximate surface area is 201 Å². The first-order chi connectivity index (χ1) is 16.6. The summed E-state index contributed by atoms with van der Waals surface area (Å²) in [4.78, 5) is 33.3. The summed E-state index contributed by atoms with van der Waals surface area (Å²) in [6, 6.07) is 12.8. The number of pyridine rings is 1. The van der Waals surface area contributed by atoms with Gasteiger partial charge >= 0.3 is 0 Å². The van der Waals surface area contributed by atoms with Crippen LogP contribution in [-0.4, -0.2) is 59.4 Å². The van der Waals surface area contributed by atoms with Crippen molar-refractivity contribution in [2.45, 2.75) is 44.9 Å². The van der Waals surface area contributed by atoms with Crippen LogP contribution in [0.15, 0.2) is 42.6 Å². The van der Waals surface area contributed by atoms with Crippen LogP contribution in [0.4, 0.5) is 0 Å². The van der Waals surface area contributed by atoms with E-state index in [9.17, 15) is 9.59 Å². The van der Waals surface area contributed by atoms with E-state index in [0.717, 1.165) is 23.7 Å². The molecule has 1 saturated heterocycles. The Hall–Kier alpha value is -3.40. The van der Waals surface area contributed by atoms with Gasteiger partial charge in [0, 0.05) is 37.9 Å². The Morgan fingerprint density at radius 2 is 1.79 bits per heavy atom. The van der Waals surface area contributed by atoms with E-state index < -0.39 is 0 Å². The summed E-state index contributed by atoms with van der Waals surface area (Å²) in [6.07, 6.45) is 9.53. The molecule has 0 spiro atoms. The Kier molecular flexibility index (Phi) is 8.13.